The predicted octanol–water partition coefficient (Wildman–Crippen LogP) is 1.21. The maximum Gasteiger partial charge on any atom is 0.243 e. The molecule has 0 amide bonds. The van der Waals surface area contributed by atoms with Crippen LogP contribution < -0.4 is 4.90 Å². The lowest BCUT2D eigenvalue weighted by Crippen LogP contribution is -3.15. The van der Waals surface area contributed by atoms with Gasteiger partial charge in [0.15, 0.2) is 0 Å². The number of ketones is 1. The van der Waals surface area contributed by atoms with Crippen LogP contribution in [0.3, 0.4) is 0 Å². The molecule has 0 spiro atoms. The minimum Gasteiger partial charge on any atom is -0.345 e. The van der Waals surface area contributed by atoms with Gasteiger partial charge in [0, 0.05) is 23.0 Å². The normalized spacial score (nSPS) is 19.1. The number of aryl methyl sites for hydroxylation is 1. The van der Waals surface area contributed by atoms with Gasteiger partial charge in [-0.2, -0.15) is 4.31 Å². The molecule has 0 atom stereocenters. The van der Waals surface area contributed by atoms with E-state index in [2.05, 4.69) is 11.5 Å². The minimum absolute atomic E-state index is 0.161. The van der Waals surface area contributed by atoms with E-state index in [1.54, 1.807) is 24.3 Å². The maximum absolute atomic E-state index is 12.9. The molecule has 0 bridgehead atoms. The number of carbonyl (C=O) groups is 1. The molecule has 28 heavy (non-hydrogen) atoms. The Morgan fingerprint density at radius 1 is 1.11 bits per heavy atom. The van der Waals surface area contributed by atoms with E-state index >= 15 is 0 Å². The van der Waals surface area contributed by atoms with Crippen LogP contribution in [0.25, 0.3) is 0 Å². The zero-order valence-corrected chi connectivity index (χ0v) is 17.3. The maximum atomic E-state index is 12.9. The molecule has 0 radical (unpaired) electrons. The van der Waals surface area contributed by atoms with Gasteiger partial charge in [-0.3, -0.25) is 4.79 Å². The van der Waals surface area contributed by atoms with Crippen LogP contribution in [0.1, 0.15) is 40.6 Å². The van der Waals surface area contributed by atoms with Gasteiger partial charge in [-0.25, -0.2) is 8.42 Å². The molecule has 1 aliphatic heterocycles. The number of benzene rings is 1. The fourth-order valence-corrected chi connectivity index (χ4v) is 5.70. The Kier molecular flexibility index (Phi) is 5.16. The Bertz CT molecular complexity index is 970. The molecular weight excluding hydrogens is 374 g/mol. The van der Waals surface area contributed by atoms with Crippen molar-refractivity contribution in [2.24, 2.45) is 0 Å². The zero-order valence-electron chi connectivity index (χ0n) is 16.5. The van der Waals surface area contributed by atoms with Crippen molar-refractivity contribution in [3.63, 3.8) is 0 Å². The number of hydrogen-bond acceptors (Lipinski definition) is 3. The van der Waals surface area contributed by atoms with Crippen LogP contribution in [-0.2, 0) is 10.0 Å². The van der Waals surface area contributed by atoms with Crippen molar-refractivity contribution >= 4 is 15.8 Å². The summed E-state index contributed by atoms with van der Waals surface area (Å²) in [5.41, 5.74) is 3.07. The topological polar surface area (TPSA) is 63.8 Å². The van der Waals surface area contributed by atoms with Crippen LogP contribution >= 0.6 is 0 Å². The average Bonchev–Trinajstić information content (AvgIpc) is 3.47. The number of nitrogens with zero attached hydrogens (tertiary/aromatic N) is 2. The van der Waals surface area contributed by atoms with E-state index in [1.807, 2.05) is 19.1 Å². The number of rotatable bonds is 6. The van der Waals surface area contributed by atoms with E-state index in [9.17, 15) is 13.2 Å². The van der Waals surface area contributed by atoms with E-state index in [0.717, 1.165) is 21.9 Å². The van der Waals surface area contributed by atoms with Crippen molar-refractivity contribution in [1.29, 1.82) is 0 Å². The first kappa shape index (κ1) is 19.4. The van der Waals surface area contributed by atoms with Crippen molar-refractivity contribution in [3.05, 3.63) is 53.3 Å². The molecule has 2 aromatic rings. The molecule has 1 saturated heterocycles. The van der Waals surface area contributed by atoms with Gasteiger partial charge in [-0.1, -0.05) is 18.2 Å². The molecule has 1 aromatic carbocycles. The Hall–Kier alpha value is -1.96. The first-order valence-electron chi connectivity index (χ1n) is 9.98. The molecule has 2 aliphatic rings. The highest BCUT2D eigenvalue weighted by atomic mass is 32.2. The van der Waals surface area contributed by atoms with Crippen molar-refractivity contribution in [2.45, 2.75) is 37.6 Å². The van der Waals surface area contributed by atoms with Crippen LogP contribution in [0.4, 0.5) is 0 Å². The van der Waals surface area contributed by atoms with Gasteiger partial charge in [0.1, 0.15) is 6.54 Å². The van der Waals surface area contributed by atoms with Crippen molar-refractivity contribution < 1.29 is 18.1 Å². The number of quaternary nitrogens is 1. The predicted molar refractivity (Wildman–Crippen MR) is 107 cm³/mol. The summed E-state index contributed by atoms with van der Waals surface area (Å²) in [6.07, 6.45) is 2.40. The molecule has 1 aliphatic carbocycles. The summed E-state index contributed by atoms with van der Waals surface area (Å²) < 4.78 is 29.3. The van der Waals surface area contributed by atoms with Gasteiger partial charge in [0.25, 0.3) is 0 Å². The lowest BCUT2D eigenvalue weighted by atomic mass is 10.1. The number of hydrogen-bond donors (Lipinski definition) is 1. The molecule has 1 saturated carbocycles. The van der Waals surface area contributed by atoms with E-state index in [0.29, 0.717) is 43.7 Å². The van der Waals surface area contributed by atoms with Crippen LogP contribution in [-0.4, -0.2) is 55.8 Å². The first-order valence-corrected chi connectivity index (χ1v) is 11.4. The van der Waals surface area contributed by atoms with Gasteiger partial charge in [-0.05, 0) is 44.9 Å². The molecular formula is C21H28N3O3S+. The smallest absolute Gasteiger partial charge is 0.243 e. The number of piperazine rings is 1. The van der Waals surface area contributed by atoms with E-state index in [4.69, 9.17) is 0 Å². The Balaban J connectivity index is 1.38. The van der Waals surface area contributed by atoms with E-state index in [1.165, 1.54) is 17.1 Å². The zero-order chi connectivity index (χ0) is 19.9. The third-order valence-electron chi connectivity index (χ3n) is 5.92. The van der Waals surface area contributed by atoms with Crippen molar-refractivity contribution in [2.75, 3.05) is 32.7 Å². The fourth-order valence-electron chi connectivity index (χ4n) is 4.24. The SMILES string of the molecule is Cc1cc(C(=O)C[NH+]2CCN(S(=O)(=O)c3ccccc3)CC2)c(C)n1C1CC1. The summed E-state index contributed by atoms with van der Waals surface area (Å²) >= 11 is 0. The molecule has 0 unspecified atom stereocenters. The third kappa shape index (κ3) is 3.66. The Morgan fingerprint density at radius 3 is 2.36 bits per heavy atom. The van der Waals surface area contributed by atoms with Gasteiger partial charge in [0.2, 0.25) is 15.8 Å². The highest BCUT2D eigenvalue weighted by molar-refractivity contribution is 7.89. The van der Waals surface area contributed by atoms with Crippen LogP contribution in [0, 0.1) is 13.8 Å². The molecule has 2 fully saturated rings. The molecule has 1 aromatic heterocycles. The first-order chi connectivity index (χ1) is 13.4. The van der Waals surface area contributed by atoms with Crippen LogP contribution in [0.5, 0.6) is 0 Å². The Labute approximate surface area is 166 Å². The second-order valence-electron chi connectivity index (χ2n) is 7.95. The summed E-state index contributed by atoms with van der Waals surface area (Å²) in [5, 5.41) is 0. The average molecular weight is 403 g/mol. The molecule has 1 N–H and O–H groups in total. The number of nitrogens with one attached hydrogen (secondary N) is 1. The largest absolute Gasteiger partial charge is 0.345 e. The van der Waals surface area contributed by atoms with Gasteiger partial charge >= 0.3 is 0 Å². The van der Waals surface area contributed by atoms with Gasteiger partial charge in [0.05, 0.1) is 31.1 Å². The lowest BCUT2D eigenvalue weighted by Gasteiger charge is -2.31. The second-order valence-corrected chi connectivity index (χ2v) is 9.89. The summed E-state index contributed by atoms with van der Waals surface area (Å²) in [6.45, 7) is 6.73. The van der Waals surface area contributed by atoms with Crippen molar-refractivity contribution in [3.8, 4) is 0 Å². The lowest BCUT2D eigenvalue weighted by molar-refractivity contribution is -0.895. The van der Waals surface area contributed by atoms with E-state index in [-0.39, 0.29) is 5.78 Å². The summed E-state index contributed by atoms with van der Waals surface area (Å²) in [7, 11) is -3.45. The molecule has 4 rings (SSSR count). The summed E-state index contributed by atoms with van der Waals surface area (Å²) in [6, 6.07) is 11.1. The minimum atomic E-state index is -3.45. The molecule has 150 valence electrons. The van der Waals surface area contributed by atoms with E-state index < -0.39 is 10.0 Å². The monoisotopic (exact) mass is 402 g/mol. The summed E-state index contributed by atoms with van der Waals surface area (Å²) in [4.78, 5) is 14.4. The Morgan fingerprint density at radius 2 is 1.75 bits per heavy atom. The number of sulfonamides is 1. The number of Topliss-reactive ketones (excluding diaryl/α,β-unsaturated/α-hetero) is 1. The quantitative estimate of drug-likeness (QED) is 0.739. The number of aromatic nitrogens is 1. The number of carbonyl (C=O) groups excluding carboxylic acids is 1. The van der Waals surface area contributed by atoms with Crippen LogP contribution in [0.15, 0.2) is 41.3 Å². The second kappa shape index (κ2) is 7.46. The molecule has 6 nitrogen and oxygen atoms in total. The highest BCUT2D eigenvalue weighted by Crippen LogP contribution is 2.38. The molecule has 2 heterocycles. The van der Waals surface area contributed by atoms with Gasteiger partial charge in [-0.15, -0.1) is 0 Å². The third-order valence-corrected chi connectivity index (χ3v) is 7.83. The fraction of sp³-hybridized carbons (Fsp3) is 0.476. The standard InChI is InChI=1S/C21H27N3O3S/c1-16-14-20(17(2)24(16)18-8-9-18)21(25)15-22-10-12-23(13-11-22)28(26,27)19-6-4-3-5-7-19/h3-7,14,18H,8-13,15H2,1-2H3/p+1. The van der Waals surface area contributed by atoms with Crippen LogP contribution in [0.2, 0.25) is 0 Å². The summed E-state index contributed by atoms with van der Waals surface area (Å²) in [5.74, 6) is 0.161. The highest BCUT2D eigenvalue weighted by Gasteiger charge is 2.32. The van der Waals surface area contributed by atoms with Crippen molar-refractivity contribution in [1.82, 2.24) is 8.87 Å². The van der Waals surface area contributed by atoms with Gasteiger partial charge < -0.3 is 9.47 Å². The molecule has 7 heteroatoms.